The molecule has 1 heterocycles. The molecule has 1 rings (SSSR count). The Morgan fingerprint density at radius 3 is 2.61 bits per heavy atom. The lowest BCUT2D eigenvalue weighted by Crippen LogP contribution is -2.34. The monoisotopic (exact) mass is 287 g/mol. The van der Waals surface area contributed by atoms with Crippen LogP contribution in [0.4, 0.5) is 18.0 Å². The van der Waals surface area contributed by atoms with Crippen molar-refractivity contribution < 1.29 is 32.6 Å². The van der Waals surface area contributed by atoms with Crippen molar-refractivity contribution in [3.05, 3.63) is 0 Å². The van der Waals surface area contributed by atoms with Crippen LogP contribution in [0.2, 0.25) is 0 Å². The van der Waals surface area contributed by atoms with Gasteiger partial charge in [0.15, 0.2) is 5.44 Å². The molecule has 0 spiro atoms. The maximum absolute atomic E-state index is 12.5. The Hall–Kier alpha value is -1.12. The Labute approximate surface area is 105 Å². The summed E-state index contributed by atoms with van der Waals surface area (Å²) in [5, 5.41) is 11.2. The van der Waals surface area contributed by atoms with Crippen molar-refractivity contribution >= 4 is 23.6 Å². The summed E-state index contributed by atoms with van der Waals surface area (Å²) < 4.78 is 46.9. The fourth-order valence-electron chi connectivity index (χ4n) is 1.30. The molecule has 0 saturated carbocycles. The van der Waals surface area contributed by atoms with E-state index in [0.717, 1.165) is 11.8 Å². The quantitative estimate of drug-likeness (QED) is 0.480. The van der Waals surface area contributed by atoms with Crippen molar-refractivity contribution in [3.8, 4) is 0 Å². The van der Waals surface area contributed by atoms with Crippen LogP contribution in [-0.4, -0.2) is 40.5 Å². The molecule has 1 saturated heterocycles. The van der Waals surface area contributed by atoms with E-state index in [2.05, 4.69) is 14.6 Å². The van der Waals surface area contributed by atoms with Crippen LogP contribution >= 0.6 is 11.8 Å². The highest BCUT2D eigenvalue weighted by Gasteiger charge is 2.51. The van der Waals surface area contributed by atoms with E-state index < -0.39 is 35.5 Å². The SMILES string of the molecule is CC(C)OC(=O)OC1SCC(C(F)(F)F)C1=NO. The van der Waals surface area contributed by atoms with Crippen molar-refractivity contribution in [1.82, 2.24) is 0 Å². The first-order valence-electron chi connectivity index (χ1n) is 5.03. The fraction of sp³-hybridized carbons (Fsp3) is 0.778. The predicted octanol–water partition coefficient (Wildman–Crippen LogP) is 2.63. The largest absolute Gasteiger partial charge is 0.510 e. The average Bonchev–Trinajstić information content (AvgIpc) is 2.58. The van der Waals surface area contributed by atoms with Gasteiger partial charge in [-0.15, -0.1) is 11.8 Å². The molecule has 9 heteroatoms. The lowest BCUT2D eigenvalue weighted by atomic mass is 10.1. The highest BCUT2D eigenvalue weighted by Crippen LogP contribution is 2.40. The van der Waals surface area contributed by atoms with Crippen LogP contribution in [0.1, 0.15) is 13.8 Å². The molecule has 1 aliphatic rings. The predicted molar refractivity (Wildman–Crippen MR) is 57.7 cm³/mol. The minimum Gasteiger partial charge on any atom is -0.432 e. The lowest BCUT2D eigenvalue weighted by molar-refractivity contribution is -0.150. The molecular weight excluding hydrogens is 275 g/mol. The van der Waals surface area contributed by atoms with Crippen molar-refractivity contribution in [1.29, 1.82) is 0 Å². The van der Waals surface area contributed by atoms with Gasteiger partial charge in [-0.1, -0.05) is 5.16 Å². The molecule has 0 aromatic heterocycles. The van der Waals surface area contributed by atoms with E-state index in [1.165, 1.54) is 0 Å². The van der Waals surface area contributed by atoms with Gasteiger partial charge in [-0.25, -0.2) is 4.79 Å². The van der Waals surface area contributed by atoms with Crippen molar-refractivity contribution in [2.24, 2.45) is 11.1 Å². The number of halogens is 3. The number of rotatable bonds is 2. The molecule has 0 aromatic rings. The highest BCUT2D eigenvalue weighted by atomic mass is 32.2. The van der Waals surface area contributed by atoms with Crippen LogP contribution < -0.4 is 0 Å². The van der Waals surface area contributed by atoms with Gasteiger partial charge in [-0.2, -0.15) is 13.2 Å². The Kier molecular flexibility index (Phi) is 4.71. The number of oxime groups is 1. The van der Waals surface area contributed by atoms with Gasteiger partial charge < -0.3 is 14.7 Å². The first-order chi connectivity index (χ1) is 8.25. The van der Waals surface area contributed by atoms with Gasteiger partial charge >= 0.3 is 12.3 Å². The molecule has 1 fully saturated rings. The summed E-state index contributed by atoms with van der Waals surface area (Å²) in [5.41, 5.74) is -1.89. The molecular formula is C9H12F3NO4S. The first kappa shape index (κ1) is 14.9. The zero-order valence-electron chi connectivity index (χ0n) is 9.60. The van der Waals surface area contributed by atoms with Gasteiger partial charge in [0.05, 0.1) is 6.10 Å². The van der Waals surface area contributed by atoms with Crippen LogP contribution in [0, 0.1) is 5.92 Å². The number of carbonyl (C=O) groups excluding carboxylic acids is 1. The molecule has 0 amide bonds. The molecule has 0 radical (unpaired) electrons. The zero-order chi connectivity index (χ0) is 13.9. The summed E-state index contributed by atoms with van der Waals surface area (Å²) >= 11 is 0.732. The Bertz CT molecular complexity index is 345. The number of nitrogens with zero attached hydrogens (tertiary/aromatic N) is 1. The number of thioether (sulfide) groups is 1. The van der Waals surface area contributed by atoms with Gasteiger partial charge in [0.25, 0.3) is 0 Å². The number of hydrogen-bond donors (Lipinski definition) is 1. The van der Waals surface area contributed by atoms with E-state index in [-0.39, 0.29) is 5.75 Å². The topological polar surface area (TPSA) is 68.1 Å². The summed E-state index contributed by atoms with van der Waals surface area (Å²) in [6.07, 6.45) is -6.07. The molecule has 18 heavy (non-hydrogen) atoms. The normalized spacial score (nSPS) is 26.7. The third-order valence-electron chi connectivity index (χ3n) is 2.06. The van der Waals surface area contributed by atoms with E-state index in [9.17, 15) is 18.0 Å². The van der Waals surface area contributed by atoms with Gasteiger partial charge in [0, 0.05) is 5.75 Å². The molecule has 2 atom stereocenters. The van der Waals surface area contributed by atoms with Crippen molar-refractivity contribution in [3.63, 3.8) is 0 Å². The van der Waals surface area contributed by atoms with E-state index in [1.54, 1.807) is 13.8 Å². The second kappa shape index (κ2) is 5.68. The summed E-state index contributed by atoms with van der Waals surface area (Å²) in [5.74, 6) is -2.27. The molecule has 104 valence electrons. The molecule has 1 aliphatic heterocycles. The van der Waals surface area contributed by atoms with Crippen LogP contribution in [0.3, 0.4) is 0 Å². The van der Waals surface area contributed by atoms with Crippen LogP contribution in [0.25, 0.3) is 0 Å². The lowest BCUT2D eigenvalue weighted by Gasteiger charge is -2.16. The molecule has 0 bridgehead atoms. The van der Waals surface area contributed by atoms with Gasteiger partial charge in [0.1, 0.15) is 11.6 Å². The second-order valence-corrected chi connectivity index (χ2v) is 4.91. The molecule has 0 aliphatic carbocycles. The summed E-state index contributed by atoms with van der Waals surface area (Å²) in [4.78, 5) is 11.2. The minimum atomic E-state index is -4.53. The van der Waals surface area contributed by atoms with Crippen LogP contribution in [0.15, 0.2) is 5.16 Å². The van der Waals surface area contributed by atoms with Crippen molar-refractivity contribution in [2.45, 2.75) is 31.6 Å². The van der Waals surface area contributed by atoms with E-state index in [0.29, 0.717) is 0 Å². The van der Waals surface area contributed by atoms with E-state index in [4.69, 9.17) is 5.21 Å². The standard InChI is InChI=1S/C9H12F3NO4S/c1-4(2)16-8(14)17-7-6(13-15)5(3-18-7)9(10,11)12/h4-5,7,15H,3H2,1-2H3. The minimum absolute atomic E-state index is 0.359. The van der Waals surface area contributed by atoms with Crippen molar-refractivity contribution in [2.75, 3.05) is 5.75 Å². The van der Waals surface area contributed by atoms with Crippen LogP contribution in [0.5, 0.6) is 0 Å². The fourth-order valence-corrected chi connectivity index (χ4v) is 2.56. The van der Waals surface area contributed by atoms with Gasteiger partial charge in [-0.3, -0.25) is 0 Å². The van der Waals surface area contributed by atoms with E-state index >= 15 is 0 Å². The molecule has 2 unspecified atom stereocenters. The Morgan fingerprint density at radius 2 is 2.17 bits per heavy atom. The van der Waals surface area contributed by atoms with Gasteiger partial charge in [-0.05, 0) is 13.8 Å². The summed E-state index contributed by atoms with van der Waals surface area (Å²) in [6, 6.07) is 0. The Morgan fingerprint density at radius 1 is 1.56 bits per heavy atom. The number of carbonyl (C=O) groups is 1. The second-order valence-electron chi connectivity index (χ2n) is 3.82. The number of alkyl halides is 3. The summed E-state index contributed by atoms with van der Waals surface area (Å²) in [7, 11) is 0. The molecule has 5 nitrogen and oxygen atoms in total. The van der Waals surface area contributed by atoms with Crippen LogP contribution in [-0.2, 0) is 9.47 Å². The third kappa shape index (κ3) is 3.69. The molecule has 0 aromatic carbocycles. The number of ether oxygens (including phenoxy) is 2. The van der Waals surface area contributed by atoms with E-state index in [1.807, 2.05) is 0 Å². The van der Waals surface area contributed by atoms with Gasteiger partial charge in [0.2, 0.25) is 0 Å². The maximum atomic E-state index is 12.5. The summed E-state index contributed by atoms with van der Waals surface area (Å²) in [6.45, 7) is 3.14. The highest BCUT2D eigenvalue weighted by molar-refractivity contribution is 8.01. The smallest absolute Gasteiger partial charge is 0.432 e. The number of hydrogen-bond acceptors (Lipinski definition) is 6. The third-order valence-corrected chi connectivity index (χ3v) is 3.22. The first-order valence-corrected chi connectivity index (χ1v) is 6.08. The zero-order valence-corrected chi connectivity index (χ0v) is 10.4. The Balaban J connectivity index is 2.67. The maximum Gasteiger partial charge on any atom is 0.510 e. The molecule has 1 N–H and O–H groups in total. The average molecular weight is 287 g/mol.